The fourth-order valence-electron chi connectivity index (χ4n) is 15.6. The van der Waals surface area contributed by atoms with Gasteiger partial charge in [-0.05, 0) is 198 Å². The number of para-hydroxylation sites is 2. The molecule has 0 radical (unpaired) electrons. The Morgan fingerprint density at radius 3 is 1.18 bits per heavy atom. The van der Waals surface area contributed by atoms with Crippen molar-refractivity contribution in [2.45, 2.75) is 102 Å². The van der Waals surface area contributed by atoms with Gasteiger partial charge in [-0.1, -0.05) is 195 Å². The van der Waals surface area contributed by atoms with Crippen LogP contribution < -0.4 is 9.80 Å². The molecule has 10 aromatic rings. The molecule has 0 N–H and O–H groups in total. The van der Waals surface area contributed by atoms with Gasteiger partial charge in [0, 0.05) is 61.2 Å². The van der Waals surface area contributed by atoms with Gasteiger partial charge in [0.25, 0.3) is 0 Å². The second-order valence-electron chi connectivity index (χ2n) is 24.7. The second-order valence-corrected chi connectivity index (χ2v) is 24.7. The van der Waals surface area contributed by atoms with Crippen molar-refractivity contribution in [1.82, 2.24) is 0 Å². The van der Waals surface area contributed by atoms with Crippen LogP contribution in [-0.2, 0) is 33.5 Å². The molecule has 2 nitrogen and oxygen atoms in total. The van der Waals surface area contributed by atoms with Gasteiger partial charge in [-0.3, -0.25) is 0 Å². The van der Waals surface area contributed by atoms with E-state index in [9.17, 15) is 0 Å². The van der Waals surface area contributed by atoms with E-state index in [1.54, 1.807) is 0 Å². The van der Waals surface area contributed by atoms with Crippen LogP contribution in [-0.4, -0.2) is 0 Å². The highest BCUT2D eigenvalue weighted by Crippen LogP contribution is 2.64. The molecule has 2 heteroatoms. The summed E-state index contributed by atoms with van der Waals surface area (Å²) in [5, 5.41) is 0. The van der Waals surface area contributed by atoms with E-state index in [-0.39, 0.29) is 27.1 Å². The number of fused-ring (bicyclic) bond motifs is 11. The monoisotopic (exact) mass is 1010 g/mol. The van der Waals surface area contributed by atoms with Crippen molar-refractivity contribution >= 4 is 34.1 Å². The van der Waals surface area contributed by atoms with E-state index in [0.717, 1.165) is 30.6 Å². The molecule has 0 amide bonds. The van der Waals surface area contributed by atoms with Crippen molar-refractivity contribution in [3.05, 3.63) is 285 Å². The molecule has 78 heavy (non-hydrogen) atoms. The third kappa shape index (κ3) is 6.32. The highest BCUT2D eigenvalue weighted by molar-refractivity contribution is 5.90. The first-order valence-corrected chi connectivity index (χ1v) is 28.6. The number of hydrogen-bond donors (Lipinski definition) is 0. The summed E-state index contributed by atoms with van der Waals surface area (Å²) in [5.74, 6) is 0. The molecule has 0 bridgehead atoms. The second kappa shape index (κ2) is 16.4. The maximum absolute atomic E-state index is 2.62. The number of nitrogens with zero attached hydrogens (tertiary/aromatic N) is 2. The van der Waals surface area contributed by atoms with E-state index in [2.05, 4.69) is 284 Å². The number of rotatable bonds is 10. The summed E-state index contributed by atoms with van der Waals surface area (Å²) in [6, 6.07) is 83.3. The van der Waals surface area contributed by atoms with Crippen LogP contribution in [0.1, 0.15) is 135 Å². The van der Waals surface area contributed by atoms with Gasteiger partial charge in [0.15, 0.2) is 0 Å². The molecule has 380 valence electrons. The van der Waals surface area contributed by atoms with E-state index in [4.69, 9.17) is 0 Å². The Hall–Kier alpha value is -8.20. The lowest BCUT2D eigenvalue weighted by Gasteiger charge is -2.45. The smallest absolute Gasteiger partial charge is 0.0465 e. The van der Waals surface area contributed by atoms with Crippen LogP contribution in [0.2, 0.25) is 0 Å². The number of anilines is 6. The van der Waals surface area contributed by atoms with Crippen molar-refractivity contribution in [1.29, 1.82) is 0 Å². The van der Waals surface area contributed by atoms with Crippen LogP contribution in [0, 0.1) is 0 Å². The SMILES string of the molecule is CCC1(c2ccc(N(c3ccccc3)c3ccc4c(c3)C(C)(C)c3ccccc3-4)cc2)Cc2cc3c(cc21)C(C)(C)c1cc2c(cc1-3)C2(CC)c1ccc(N(c2ccccc2)c2ccc3c(c2)C(C)(C)c2ccccc2-3)cc1. The quantitative estimate of drug-likeness (QED) is 0.135. The average molecular weight is 1010 g/mol. The van der Waals surface area contributed by atoms with Crippen LogP contribution in [0.4, 0.5) is 34.1 Å². The van der Waals surface area contributed by atoms with Crippen molar-refractivity contribution in [3.8, 4) is 33.4 Å². The van der Waals surface area contributed by atoms with Gasteiger partial charge in [-0.25, -0.2) is 0 Å². The maximum Gasteiger partial charge on any atom is 0.0465 e. The molecule has 0 heterocycles. The average Bonchev–Trinajstić information content (AvgIpc) is 3.40. The molecule has 15 rings (SSSR count). The summed E-state index contributed by atoms with van der Waals surface area (Å²) in [6.45, 7) is 19.2. The molecule has 2 unspecified atom stereocenters. The zero-order valence-corrected chi connectivity index (χ0v) is 46.3. The van der Waals surface area contributed by atoms with E-state index in [1.807, 2.05) is 0 Å². The minimum Gasteiger partial charge on any atom is -0.310 e. The fraction of sp³-hybridized carbons (Fsp3) is 0.211. The van der Waals surface area contributed by atoms with E-state index in [1.165, 1.54) is 123 Å². The van der Waals surface area contributed by atoms with Crippen LogP contribution in [0.3, 0.4) is 0 Å². The summed E-state index contributed by atoms with van der Waals surface area (Å²) in [7, 11) is 0. The fourth-order valence-corrected chi connectivity index (χ4v) is 15.6. The normalized spacial score (nSPS) is 19.2. The summed E-state index contributed by atoms with van der Waals surface area (Å²) in [4.78, 5) is 4.87. The van der Waals surface area contributed by atoms with Gasteiger partial charge in [0.2, 0.25) is 0 Å². The van der Waals surface area contributed by atoms with Gasteiger partial charge >= 0.3 is 0 Å². The van der Waals surface area contributed by atoms with Gasteiger partial charge in [-0.2, -0.15) is 0 Å². The Morgan fingerprint density at radius 1 is 0.295 bits per heavy atom. The molecule has 0 aromatic heterocycles. The van der Waals surface area contributed by atoms with E-state index < -0.39 is 0 Å². The molecule has 0 saturated heterocycles. The van der Waals surface area contributed by atoms with Gasteiger partial charge < -0.3 is 9.80 Å². The minimum absolute atomic E-state index is 0.0231. The van der Waals surface area contributed by atoms with Crippen molar-refractivity contribution in [2.75, 3.05) is 9.80 Å². The lowest BCUT2D eigenvalue weighted by molar-refractivity contribution is 0.431. The molecule has 5 aliphatic rings. The Kier molecular flexibility index (Phi) is 9.90. The van der Waals surface area contributed by atoms with E-state index >= 15 is 0 Å². The predicted molar refractivity (Wildman–Crippen MR) is 326 cm³/mol. The van der Waals surface area contributed by atoms with Crippen molar-refractivity contribution < 1.29 is 0 Å². The highest BCUT2D eigenvalue weighted by Gasteiger charge is 2.54. The summed E-state index contributed by atoms with van der Waals surface area (Å²) >= 11 is 0. The van der Waals surface area contributed by atoms with Crippen LogP contribution in [0.5, 0.6) is 0 Å². The largest absolute Gasteiger partial charge is 0.310 e. The lowest BCUT2D eigenvalue weighted by Crippen LogP contribution is -2.40. The zero-order valence-electron chi connectivity index (χ0n) is 46.3. The molecule has 0 spiro atoms. The van der Waals surface area contributed by atoms with Gasteiger partial charge in [0.1, 0.15) is 0 Å². The highest BCUT2D eigenvalue weighted by atomic mass is 15.1. The first kappa shape index (κ1) is 47.0. The summed E-state index contributed by atoms with van der Waals surface area (Å²) in [6.07, 6.45) is 3.15. The molecule has 5 aliphatic carbocycles. The predicted octanol–water partition coefficient (Wildman–Crippen LogP) is 19.9. The lowest BCUT2D eigenvalue weighted by atomic mass is 9.58. The molecule has 0 fully saturated rings. The Balaban J connectivity index is 0.734. The first-order valence-electron chi connectivity index (χ1n) is 28.6. The zero-order chi connectivity index (χ0) is 53.1. The Labute approximate surface area is 461 Å². The first-order chi connectivity index (χ1) is 37.8. The van der Waals surface area contributed by atoms with Crippen LogP contribution in [0.25, 0.3) is 33.4 Å². The third-order valence-corrected chi connectivity index (χ3v) is 20.0. The minimum atomic E-state index is -0.121. The molecule has 10 aromatic carbocycles. The Bertz CT molecular complexity index is 4100. The van der Waals surface area contributed by atoms with Crippen molar-refractivity contribution in [2.24, 2.45) is 0 Å². The Morgan fingerprint density at radius 2 is 0.679 bits per heavy atom. The standard InChI is InChI=1S/C76H66N2/c1-9-75(49-29-33-53(34-30-49)77(51-21-13-11-14-22-51)55-37-39-59-57-25-17-19-27-63(57)72(3,4)66(59)42-55)47-48-41-61-62-44-70-71(46-69(62)74(7,8)68(61)45-65(48)75)76(70,10-2)50-31-35-54(36-32-50)78(52-23-15-12-16-24-52)56-38-40-60-58-26-18-20-28-64(58)73(5,6)67(60)43-56/h11-46H,9-10,47H2,1-8H3. The van der Waals surface area contributed by atoms with Crippen molar-refractivity contribution in [3.63, 3.8) is 0 Å². The van der Waals surface area contributed by atoms with E-state index in [0.29, 0.717) is 0 Å². The molecule has 0 saturated carbocycles. The molecular formula is C76H66N2. The van der Waals surface area contributed by atoms with Gasteiger partial charge in [0.05, 0.1) is 0 Å². The number of hydrogen-bond acceptors (Lipinski definition) is 2. The molecule has 2 atom stereocenters. The van der Waals surface area contributed by atoms with Crippen LogP contribution in [0.15, 0.2) is 218 Å². The topological polar surface area (TPSA) is 6.48 Å². The van der Waals surface area contributed by atoms with Crippen LogP contribution >= 0.6 is 0 Å². The summed E-state index contributed by atoms with van der Waals surface area (Å²) in [5.41, 5.74) is 32.2. The third-order valence-electron chi connectivity index (χ3n) is 20.0. The molecular weight excluding hydrogens is 941 g/mol. The molecule has 0 aliphatic heterocycles. The maximum atomic E-state index is 2.62. The summed E-state index contributed by atoms with van der Waals surface area (Å²) < 4.78 is 0. The van der Waals surface area contributed by atoms with Gasteiger partial charge in [-0.15, -0.1) is 0 Å². The number of benzene rings is 10.